The normalized spacial score (nSPS) is 12.3. The summed E-state index contributed by atoms with van der Waals surface area (Å²) in [5.41, 5.74) is 0.289. The topological polar surface area (TPSA) is 28.4 Å². The molecule has 3 heteroatoms. The molecule has 0 aromatic carbocycles. The van der Waals surface area contributed by atoms with Gasteiger partial charge in [-0.1, -0.05) is 20.8 Å². The number of nitrogens with zero attached hydrogens (tertiary/aromatic N) is 1. The second kappa shape index (κ2) is 6.06. The summed E-state index contributed by atoms with van der Waals surface area (Å²) in [6.07, 6.45) is 1.73. The Labute approximate surface area is 98.8 Å². The minimum Gasteiger partial charge on any atom is -0.468 e. The van der Waals surface area contributed by atoms with Gasteiger partial charge in [0.05, 0.1) is 12.8 Å². The van der Waals surface area contributed by atoms with Crippen molar-refractivity contribution in [2.45, 2.75) is 27.3 Å². The van der Waals surface area contributed by atoms with Gasteiger partial charge in [-0.15, -0.1) is 0 Å². The van der Waals surface area contributed by atoms with Crippen molar-refractivity contribution in [3.05, 3.63) is 24.2 Å². The van der Waals surface area contributed by atoms with Crippen LogP contribution in [-0.4, -0.2) is 31.6 Å². The molecule has 0 amide bonds. The second-order valence-corrected chi connectivity index (χ2v) is 5.20. The Morgan fingerprint density at radius 2 is 2.19 bits per heavy atom. The van der Waals surface area contributed by atoms with Gasteiger partial charge in [-0.05, 0) is 31.1 Å². The van der Waals surface area contributed by atoms with Crippen LogP contribution in [0.25, 0.3) is 0 Å². The molecule has 3 nitrogen and oxygen atoms in total. The first-order valence-corrected chi connectivity index (χ1v) is 5.95. The third-order valence-electron chi connectivity index (χ3n) is 2.56. The first-order valence-electron chi connectivity index (χ1n) is 5.95. The van der Waals surface area contributed by atoms with Crippen molar-refractivity contribution >= 4 is 0 Å². The Kier molecular flexibility index (Phi) is 5.03. The molecule has 0 aliphatic carbocycles. The molecule has 1 N–H and O–H groups in total. The molecule has 0 radical (unpaired) electrons. The van der Waals surface area contributed by atoms with Gasteiger partial charge in [-0.2, -0.15) is 0 Å². The summed E-state index contributed by atoms with van der Waals surface area (Å²) < 4.78 is 5.34. The van der Waals surface area contributed by atoms with E-state index in [4.69, 9.17) is 4.42 Å². The number of hydrogen-bond acceptors (Lipinski definition) is 3. The molecule has 0 unspecified atom stereocenters. The smallest absolute Gasteiger partial charge is 0.117 e. The standard InChI is InChI=1S/C13H24N2O/c1-5-14-10-13(2,3)11-15(4)9-12-7-6-8-16-12/h6-8,14H,5,9-11H2,1-4H3. The minimum atomic E-state index is 0.289. The number of furan rings is 1. The predicted molar refractivity (Wildman–Crippen MR) is 67.4 cm³/mol. The van der Waals surface area contributed by atoms with E-state index in [1.54, 1.807) is 6.26 Å². The van der Waals surface area contributed by atoms with Crippen molar-refractivity contribution in [1.82, 2.24) is 10.2 Å². The molecule has 16 heavy (non-hydrogen) atoms. The highest BCUT2D eigenvalue weighted by Gasteiger charge is 2.19. The van der Waals surface area contributed by atoms with E-state index < -0.39 is 0 Å². The maximum absolute atomic E-state index is 5.34. The van der Waals surface area contributed by atoms with Gasteiger partial charge in [-0.25, -0.2) is 0 Å². The van der Waals surface area contributed by atoms with Crippen LogP contribution < -0.4 is 5.32 Å². The van der Waals surface area contributed by atoms with Crippen LogP contribution in [0.2, 0.25) is 0 Å². The lowest BCUT2D eigenvalue weighted by molar-refractivity contribution is 0.189. The van der Waals surface area contributed by atoms with Crippen LogP contribution in [0.1, 0.15) is 26.5 Å². The van der Waals surface area contributed by atoms with Crippen LogP contribution >= 0.6 is 0 Å². The van der Waals surface area contributed by atoms with Gasteiger partial charge in [0.15, 0.2) is 0 Å². The Morgan fingerprint density at radius 3 is 2.75 bits per heavy atom. The van der Waals surface area contributed by atoms with E-state index in [0.717, 1.165) is 31.9 Å². The average Bonchev–Trinajstić information content (AvgIpc) is 2.66. The summed E-state index contributed by atoms with van der Waals surface area (Å²) in [5, 5.41) is 3.40. The molecule has 0 atom stereocenters. The molecule has 0 aliphatic rings. The Hall–Kier alpha value is -0.800. The van der Waals surface area contributed by atoms with Crippen LogP contribution in [0.5, 0.6) is 0 Å². The van der Waals surface area contributed by atoms with E-state index in [9.17, 15) is 0 Å². The van der Waals surface area contributed by atoms with Gasteiger partial charge in [0.1, 0.15) is 5.76 Å². The van der Waals surface area contributed by atoms with Crippen LogP contribution in [0, 0.1) is 5.41 Å². The Balaban J connectivity index is 2.35. The lowest BCUT2D eigenvalue weighted by Crippen LogP contribution is -2.38. The third kappa shape index (κ3) is 4.81. The summed E-state index contributed by atoms with van der Waals surface area (Å²) in [4.78, 5) is 2.30. The zero-order chi connectivity index (χ0) is 12.0. The molecule has 1 aromatic rings. The van der Waals surface area contributed by atoms with E-state index in [-0.39, 0.29) is 5.41 Å². The van der Waals surface area contributed by atoms with Gasteiger partial charge in [0.25, 0.3) is 0 Å². The van der Waals surface area contributed by atoms with Crippen molar-refractivity contribution < 1.29 is 4.42 Å². The molecule has 0 saturated heterocycles. The molecule has 0 saturated carbocycles. The highest BCUT2D eigenvalue weighted by atomic mass is 16.3. The van der Waals surface area contributed by atoms with Gasteiger partial charge in [-0.3, -0.25) is 4.90 Å². The van der Waals surface area contributed by atoms with E-state index in [1.807, 2.05) is 12.1 Å². The predicted octanol–water partition coefficient (Wildman–Crippen LogP) is 2.35. The summed E-state index contributed by atoms with van der Waals surface area (Å²) in [6.45, 7) is 10.7. The second-order valence-electron chi connectivity index (χ2n) is 5.20. The van der Waals surface area contributed by atoms with E-state index in [1.165, 1.54) is 0 Å². The van der Waals surface area contributed by atoms with Crippen molar-refractivity contribution in [2.24, 2.45) is 5.41 Å². The Morgan fingerprint density at radius 1 is 1.44 bits per heavy atom. The van der Waals surface area contributed by atoms with Crippen molar-refractivity contribution in [1.29, 1.82) is 0 Å². The van der Waals surface area contributed by atoms with Crippen molar-refractivity contribution in [3.8, 4) is 0 Å². The number of rotatable bonds is 7. The SMILES string of the molecule is CCNCC(C)(C)CN(C)Cc1ccco1. The van der Waals surface area contributed by atoms with E-state index >= 15 is 0 Å². The van der Waals surface area contributed by atoms with Gasteiger partial charge in [0, 0.05) is 13.1 Å². The largest absolute Gasteiger partial charge is 0.468 e. The van der Waals surface area contributed by atoms with Crippen LogP contribution in [-0.2, 0) is 6.54 Å². The zero-order valence-electron chi connectivity index (χ0n) is 10.9. The lowest BCUT2D eigenvalue weighted by Gasteiger charge is -2.30. The highest BCUT2D eigenvalue weighted by Crippen LogP contribution is 2.16. The summed E-state index contributed by atoms with van der Waals surface area (Å²) >= 11 is 0. The maximum atomic E-state index is 5.34. The number of nitrogens with one attached hydrogen (secondary N) is 1. The first-order chi connectivity index (χ1) is 7.53. The summed E-state index contributed by atoms with van der Waals surface area (Å²) in [7, 11) is 2.14. The molecule has 0 aliphatic heterocycles. The Bertz CT molecular complexity index is 280. The van der Waals surface area contributed by atoms with Gasteiger partial charge < -0.3 is 9.73 Å². The average molecular weight is 224 g/mol. The molecule has 92 valence electrons. The molecular weight excluding hydrogens is 200 g/mol. The molecule has 0 fully saturated rings. The number of hydrogen-bond donors (Lipinski definition) is 1. The van der Waals surface area contributed by atoms with Crippen molar-refractivity contribution in [2.75, 3.05) is 26.7 Å². The fourth-order valence-electron chi connectivity index (χ4n) is 1.97. The van der Waals surface area contributed by atoms with Crippen LogP contribution in [0.4, 0.5) is 0 Å². The highest BCUT2D eigenvalue weighted by molar-refractivity contribution is 4.97. The van der Waals surface area contributed by atoms with E-state index in [0.29, 0.717) is 0 Å². The van der Waals surface area contributed by atoms with Gasteiger partial charge >= 0.3 is 0 Å². The molecule has 0 spiro atoms. The molecule has 1 rings (SSSR count). The molecule has 1 aromatic heterocycles. The fourth-order valence-corrected chi connectivity index (χ4v) is 1.97. The summed E-state index contributed by atoms with van der Waals surface area (Å²) in [5.74, 6) is 1.03. The van der Waals surface area contributed by atoms with Crippen LogP contribution in [0.15, 0.2) is 22.8 Å². The fraction of sp³-hybridized carbons (Fsp3) is 0.692. The van der Waals surface area contributed by atoms with E-state index in [2.05, 4.69) is 38.0 Å². The lowest BCUT2D eigenvalue weighted by atomic mass is 9.93. The van der Waals surface area contributed by atoms with Gasteiger partial charge in [0.2, 0.25) is 0 Å². The summed E-state index contributed by atoms with van der Waals surface area (Å²) in [6, 6.07) is 3.96. The first kappa shape index (κ1) is 13.3. The van der Waals surface area contributed by atoms with Crippen molar-refractivity contribution in [3.63, 3.8) is 0 Å². The van der Waals surface area contributed by atoms with Crippen LogP contribution in [0.3, 0.4) is 0 Å². The molecule has 0 bridgehead atoms. The third-order valence-corrected chi connectivity index (χ3v) is 2.56. The quantitative estimate of drug-likeness (QED) is 0.770. The molecular formula is C13H24N2O. The maximum Gasteiger partial charge on any atom is 0.117 e. The monoisotopic (exact) mass is 224 g/mol. The zero-order valence-corrected chi connectivity index (χ0v) is 10.9. The molecule has 1 heterocycles. The minimum absolute atomic E-state index is 0.289.